The van der Waals surface area contributed by atoms with Crippen LogP contribution in [-0.4, -0.2) is 33.3 Å². The summed E-state index contributed by atoms with van der Waals surface area (Å²) in [5, 5.41) is 4.72. The lowest BCUT2D eigenvalue weighted by atomic mass is 10.2. The van der Waals surface area contributed by atoms with Gasteiger partial charge in [0.25, 0.3) is 5.56 Å². The zero-order valence-electron chi connectivity index (χ0n) is 19.7. The second-order valence-corrected chi connectivity index (χ2v) is 9.61. The molecule has 2 aromatic heterocycles. The van der Waals surface area contributed by atoms with Crippen LogP contribution in [0.4, 0.5) is 0 Å². The number of methoxy groups -OCH3 is 1. The molecule has 0 saturated heterocycles. The van der Waals surface area contributed by atoms with E-state index >= 15 is 0 Å². The summed E-state index contributed by atoms with van der Waals surface area (Å²) in [7, 11) is 1.56. The smallest absolute Gasteiger partial charge is 0.283 e. The van der Waals surface area contributed by atoms with Crippen molar-refractivity contribution in [2.75, 3.05) is 12.9 Å². The first-order chi connectivity index (χ1) is 17.5. The number of aryl methyl sites for hydroxylation is 1. The van der Waals surface area contributed by atoms with Crippen molar-refractivity contribution in [3.05, 3.63) is 93.2 Å². The van der Waals surface area contributed by atoms with Gasteiger partial charge in [-0.25, -0.2) is 9.55 Å². The van der Waals surface area contributed by atoms with E-state index in [0.29, 0.717) is 39.2 Å². The maximum atomic E-state index is 13.8. The predicted octanol–water partition coefficient (Wildman–Crippen LogP) is 5.25. The Morgan fingerprint density at radius 3 is 2.72 bits per heavy atom. The molecule has 36 heavy (non-hydrogen) atoms. The molecule has 0 aliphatic rings. The van der Waals surface area contributed by atoms with Crippen LogP contribution in [0.2, 0.25) is 5.02 Å². The highest BCUT2D eigenvalue weighted by Gasteiger charge is 2.20. The number of carbonyl (C=O) groups excluding carboxylic acids is 1. The number of aromatic amines is 1. The van der Waals surface area contributed by atoms with E-state index in [1.807, 2.05) is 67.6 Å². The number of amides is 1. The van der Waals surface area contributed by atoms with Crippen molar-refractivity contribution < 1.29 is 9.53 Å². The third kappa shape index (κ3) is 4.57. The Morgan fingerprint density at radius 1 is 1.14 bits per heavy atom. The van der Waals surface area contributed by atoms with Gasteiger partial charge in [-0.15, -0.1) is 0 Å². The van der Waals surface area contributed by atoms with Gasteiger partial charge in [0.2, 0.25) is 5.91 Å². The van der Waals surface area contributed by atoms with Gasteiger partial charge in [-0.05, 0) is 42.3 Å². The third-order valence-corrected chi connectivity index (χ3v) is 7.14. The summed E-state index contributed by atoms with van der Waals surface area (Å²) in [5.41, 5.74) is 3.87. The number of fused-ring (bicyclic) bond motifs is 3. The van der Waals surface area contributed by atoms with E-state index in [2.05, 4.69) is 10.3 Å². The lowest BCUT2D eigenvalue weighted by molar-refractivity contribution is -0.118. The van der Waals surface area contributed by atoms with Gasteiger partial charge < -0.3 is 15.0 Å². The average molecular weight is 519 g/mol. The minimum atomic E-state index is -0.265. The van der Waals surface area contributed by atoms with Crippen molar-refractivity contribution in [3.63, 3.8) is 0 Å². The van der Waals surface area contributed by atoms with Crippen LogP contribution in [-0.2, 0) is 11.3 Å². The Balaban J connectivity index is 1.55. The molecule has 7 nitrogen and oxygen atoms in total. The molecule has 0 radical (unpaired) electrons. The fourth-order valence-corrected chi connectivity index (χ4v) is 5.07. The topological polar surface area (TPSA) is 89.0 Å². The molecular formula is C27H23ClN4O3S. The van der Waals surface area contributed by atoms with Gasteiger partial charge in [-0.1, -0.05) is 65.8 Å². The minimum Gasteiger partial charge on any atom is -0.495 e. The van der Waals surface area contributed by atoms with Crippen molar-refractivity contribution >= 4 is 51.2 Å². The Morgan fingerprint density at radius 2 is 1.92 bits per heavy atom. The fraction of sp³-hybridized carbons (Fsp3) is 0.148. The molecule has 0 spiro atoms. The van der Waals surface area contributed by atoms with E-state index in [0.717, 1.165) is 22.0 Å². The third-order valence-electron chi connectivity index (χ3n) is 5.84. The molecule has 9 heteroatoms. The number of carbonyl (C=O) groups is 1. The fourth-order valence-electron chi connectivity index (χ4n) is 4.04. The maximum absolute atomic E-state index is 13.8. The summed E-state index contributed by atoms with van der Waals surface area (Å²) in [6, 6.07) is 20.6. The molecule has 1 amide bonds. The van der Waals surface area contributed by atoms with Gasteiger partial charge in [0.05, 0.1) is 18.6 Å². The number of thioether (sulfide) groups is 1. The summed E-state index contributed by atoms with van der Waals surface area (Å²) in [6.07, 6.45) is 0. The SMILES string of the molecule is COc1ccc(C)cc1-n1c(SCC(=O)NCc2ccccc2Cl)nc2c([nH]c3ccccc32)c1=O. The Hall–Kier alpha value is -3.75. The normalized spacial score (nSPS) is 11.2. The van der Waals surface area contributed by atoms with Gasteiger partial charge in [0.15, 0.2) is 5.16 Å². The number of hydrogen-bond donors (Lipinski definition) is 2. The molecule has 0 fully saturated rings. The molecule has 3 aromatic carbocycles. The molecule has 5 rings (SSSR count). The first-order valence-corrected chi connectivity index (χ1v) is 12.6. The van der Waals surface area contributed by atoms with E-state index in [1.54, 1.807) is 13.2 Å². The summed E-state index contributed by atoms with van der Waals surface area (Å²) in [6.45, 7) is 2.25. The first-order valence-electron chi connectivity index (χ1n) is 11.3. The van der Waals surface area contributed by atoms with Gasteiger partial charge in [-0.3, -0.25) is 9.59 Å². The number of hydrogen-bond acceptors (Lipinski definition) is 5. The number of rotatable bonds is 7. The van der Waals surface area contributed by atoms with E-state index in [1.165, 1.54) is 16.3 Å². The molecule has 0 atom stereocenters. The lowest BCUT2D eigenvalue weighted by Crippen LogP contribution is -2.26. The molecule has 5 aromatic rings. The Bertz CT molecular complexity index is 1660. The zero-order valence-corrected chi connectivity index (χ0v) is 21.2. The minimum absolute atomic E-state index is 0.0683. The van der Waals surface area contributed by atoms with Gasteiger partial charge in [0.1, 0.15) is 16.8 Å². The summed E-state index contributed by atoms with van der Waals surface area (Å²) >= 11 is 7.39. The maximum Gasteiger partial charge on any atom is 0.283 e. The van der Waals surface area contributed by atoms with Crippen LogP contribution < -0.4 is 15.6 Å². The van der Waals surface area contributed by atoms with Crippen LogP contribution in [0.3, 0.4) is 0 Å². The summed E-state index contributed by atoms with van der Waals surface area (Å²) in [4.78, 5) is 34.6. The number of nitrogens with zero attached hydrogens (tertiary/aromatic N) is 2. The molecule has 0 aliphatic heterocycles. The van der Waals surface area contributed by atoms with Gasteiger partial charge in [-0.2, -0.15) is 0 Å². The number of halogens is 1. The van der Waals surface area contributed by atoms with E-state index in [4.69, 9.17) is 21.3 Å². The van der Waals surface area contributed by atoms with E-state index in [-0.39, 0.29) is 17.2 Å². The monoisotopic (exact) mass is 518 g/mol. The van der Waals surface area contributed by atoms with Crippen molar-refractivity contribution in [2.45, 2.75) is 18.6 Å². The highest BCUT2D eigenvalue weighted by Crippen LogP contribution is 2.30. The van der Waals surface area contributed by atoms with Crippen LogP contribution in [0.5, 0.6) is 5.75 Å². The molecule has 0 bridgehead atoms. The quantitative estimate of drug-likeness (QED) is 0.227. The second kappa shape index (κ2) is 10.1. The number of para-hydroxylation sites is 1. The van der Waals surface area contributed by atoms with Gasteiger partial charge >= 0.3 is 0 Å². The Labute approximate surface area is 216 Å². The number of nitrogens with one attached hydrogen (secondary N) is 2. The highest BCUT2D eigenvalue weighted by molar-refractivity contribution is 7.99. The largest absolute Gasteiger partial charge is 0.495 e. The molecule has 0 unspecified atom stereocenters. The highest BCUT2D eigenvalue weighted by atomic mass is 35.5. The van der Waals surface area contributed by atoms with E-state index < -0.39 is 0 Å². The van der Waals surface area contributed by atoms with Crippen molar-refractivity contribution in [1.82, 2.24) is 19.9 Å². The number of H-pyrrole nitrogens is 1. The van der Waals surface area contributed by atoms with Crippen LogP contribution in [0.25, 0.3) is 27.6 Å². The van der Waals surface area contributed by atoms with Crippen molar-refractivity contribution in [2.24, 2.45) is 0 Å². The molecule has 182 valence electrons. The predicted molar refractivity (Wildman–Crippen MR) is 145 cm³/mol. The second-order valence-electron chi connectivity index (χ2n) is 8.26. The first kappa shape index (κ1) is 24.0. The molecule has 2 heterocycles. The van der Waals surface area contributed by atoms with Crippen molar-refractivity contribution in [1.29, 1.82) is 0 Å². The zero-order chi connectivity index (χ0) is 25.2. The van der Waals surface area contributed by atoms with E-state index in [9.17, 15) is 9.59 Å². The number of benzene rings is 3. The molecule has 0 saturated carbocycles. The van der Waals surface area contributed by atoms with Crippen LogP contribution in [0, 0.1) is 6.92 Å². The standard InChI is InChI=1S/C27H23ClN4O3S/c1-16-11-12-22(35-2)21(13-16)32-26(34)25-24(18-8-4-6-10-20(18)30-25)31-27(32)36-15-23(33)29-14-17-7-3-5-9-19(17)28/h3-13,30H,14-15H2,1-2H3,(H,29,33). The van der Waals surface area contributed by atoms with Crippen molar-refractivity contribution in [3.8, 4) is 11.4 Å². The lowest BCUT2D eigenvalue weighted by Gasteiger charge is -2.15. The Kier molecular flexibility index (Phi) is 6.71. The van der Waals surface area contributed by atoms with Crippen LogP contribution >= 0.6 is 23.4 Å². The average Bonchev–Trinajstić information content (AvgIpc) is 3.26. The number of ether oxygens (including phenoxy) is 1. The number of aromatic nitrogens is 3. The molecule has 2 N–H and O–H groups in total. The van der Waals surface area contributed by atoms with Crippen LogP contribution in [0.1, 0.15) is 11.1 Å². The summed E-state index contributed by atoms with van der Waals surface area (Å²) in [5.74, 6) is 0.403. The van der Waals surface area contributed by atoms with Gasteiger partial charge in [0, 0.05) is 22.5 Å². The summed E-state index contributed by atoms with van der Waals surface area (Å²) < 4.78 is 7.07. The van der Waals surface area contributed by atoms with Crippen LogP contribution in [0.15, 0.2) is 76.7 Å². The molecular weight excluding hydrogens is 496 g/mol. The molecule has 0 aliphatic carbocycles.